The maximum Gasteiger partial charge on any atom is 0.153 e. The number of rotatable bonds is 6. The number of sulfone groups is 1. The van der Waals surface area contributed by atoms with Crippen molar-refractivity contribution < 1.29 is 13.2 Å². The van der Waals surface area contributed by atoms with Gasteiger partial charge >= 0.3 is 0 Å². The molecular weight excluding hydrogens is 274 g/mol. The molecule has 0 fully saturated rings. The molecule has 4 nitrogen and oxygen atoms in total. The molecule has 0 saturated carbocycles. The van der Waals surface area contributed by atoms with Crippen LogP contribution in [-0.2, 0) is 21.1 Å². The van der Waals surface area contributed by atoms with Crippen LogP contribution in [0.1, 0.15) is 28.7 Å². The minimum atomic E-state index is -3.08. The third-order valence-electron chi connectivity index (χ3n) is 3.40. The highest BCUT2D eigenvalue weighted by atomic mass is 32.2. The molecule has 0 radical (unpaired) electrons. The molecule has 20 heavy (non-hydrogen) atoms. The molecule has 0 aromatic heterocycles. The second-order valence-corrected chi connectivity index (χ2v) is 7.81. The lowest BCUT2D eigenvalue weighted by Gasteiger charge is -2.14. The van der Waals surface area contributed by atoms with Crippen LogP contribution in [0.25, 0.3) is 0 Å². The minimum Gasteiger partial charge on any atom is -0.321 e. The quantitative estimate of drug-likeness (QED) is 0.863. The Kier molecular flexibility index (Phi) is 5.48. The lowest BCUT2D eigenvalue weighted by atomic mass is 9.93. The van der Waals surface area contributed by atoms with E-state index in [0.29, 0.717) is 0 Å². The first-order valence-electron chi connectivity index (χ1n) is 6.63. The molecule has 1 atom stereocenters. The third kappa shape index (κ3) is 5.06. The number of aryl methyl sites for hydroxylation is 3. The Balaban J connectivity index is 2.76. The van der Waals surface area contributed by atoms with E-state index in [4.69, 9.17) is 5.73 Å². The predicted octanol–water partition coefficient (Wildman–Crippen LogP) is 1.49. The lowest BCUT2D eigenvalue weighted by Crippen LogP contribution is -2.34. The molecule has 0 aliphatic heterocycles. The molecule has 0 spiro atoms. The standard InChI is InChI=1S/C15H23NO3S/c1-10-7-11(2)13(12(3)8-10)9-15(17)14(16)5-6-20(4,18)19/h7-8,14H,5-6,9,16H2,1-4H3. The summed E-state index contributed by atoms with van der Waals surface area (Å²) in [6.07, 6.45) is 1.60. The summed E-state index contributed by atoms with van der Waals surface area (Å²) >= 11 is 0. The van der Waals surface area contributed by atoms with Crippen molar-refractivity contribution in [2.75, 3.05) is 12.0 Å². The van der Waals surface area contributed by atoms with Gasteiger partial charge in [0.05, 0.1) is 11.8 Å². The zero-order chi connectivity index (χ0) is 15.5. The van der Waals surface area contributed by atoms with E-state index in [1.54, 1.807) is 0 Å². The Bertz CT molecular complexity index is 583. The number of hydrogen-bond acceptors (Lipinski definition) is 4. The minimum absolute atomic E-state index is 0.0498. The number of carbonyl (C=O) groups excluding carboxylic acids is 1. The molecule has 0 amide bonds. The van der Waals surface area contributed by atoms with Gasteiger partial charge in [-0.2, -0.15) is 0 Å². The number of benzene rings is 1. The first kappa shape index (κ1) is 16.9. The molecular formula is C15H23NO3S. The maximum absolute atomic E-state index is 12.1. The van der Waals surface area contributed by atoms with Gasteiger partial charge in [-0.05, 0) is 43.9 Å². The molecule has 0 heterocycles. The van der Waals surface area contributed by atoms with Crippen LogP contribution in [0.15, 0.2) is 12.1 Å². The van der Waals surface area contributed by atoms with Crippen molar-refractivity contribution in [2.24, 2.45) is 5.73 Å². The summed E-state index contributed by atoms with van der Waals surface area (Å²) in [5, 5.41) is 0. The van der Waals surface area contributed by atoms with Crippen molar-refractivity contribution in [3.63, 3.8) is 0 Å². The van der Waals surface area contributed by atoms with Gasteiger partial charge in [-0.25, -0.2) is 8.42 Å². The fourth-order valence-corrected chi connectivity index (χ4v) is 2.98. The Morgan fingerprint density at radius 3 is 2.15 bits per heavy atom. The second kappa shape index (κ2) is 6.50. The normalized spacial score (nSPS) is 13.2. The van der Waals surface area contributed by atoms with Gasteiger partial charge in [0.2, 0.25) is 0 Å². The number of carbonyl (C=O) groups is 1. The van der Waals surface area contributed by atoms with Crippen molar-refractivity contribution in [1.82, 2.24) is 0 Å². The smallest absolute Gasteiger partial charge is 0.153 e. The maximum atomic E-state index is 12.1. The van der Waals surface area contributed by atoms with Crippen LogP contribution < -0.4 is 5.73 Å². The zero-order valence-corrected chi connectivity index (χ0v) is 13.4. The largest absolute Gasteiger partial charge is 0.321 e. The molecule has 1 aromatic carbocycles. The van der Waals surface area contributed by atoms with E-state index in [2.05, 4.69) is 0 Å². The summed E-state index contributed by atoms with van der Waals surface area (Å²) in [5.74, 6) is -0.158. The summed E-state index contributed by atoms with van der Waals surface area (Å²) < 4.78 is 22.2. The topological polar surface area (TPSA) is 77.2 Å². The van der Waals surface area contributed by atoms with Crippen molar-refractivity contribution in [2.45, 2.75) is 39.7 Å². The van der Waals surface area contributed by atoms with Crippen molar-refractivity contribution >= 4 is 15.6 Å². The van der Waals surface area contributed by atoms with Gasteiger partial charge in [0.15, 0.2) is 5.78 Å². The van der Waals surface area contributed by atoms with Crippen LogP contribution in [0, 0.1) is 20.8 Å². The Hall–Kier alpha value is -1.20. The van der Waals surface area contributed by atoms with E-state index in [1.165, 1.54) is 0 Å². The molecule has 1 unspecified atom stereocenters. The van der Waals surface area contributed by atoms with Gasteiger partial charge in [0.1, 0.15) is 9.84 Å². The molecule has 2 N–H and O–H groups in total. The van der Waals surface area contributed by atoms with Crippen LogP contribution in [0.4, 0.5) is 0 Å². The van der Waals surface area contributed by atoms with Crippen molar-refractivity contribution in [1.29, 1.82) is 0 Å². The summed E-state index contributed by atoms with van der Waals surface area (Å²) in [5.41, 5.74) is 10.1. The van der Waals surface area contributed by atoms with E-state index >= 15 is 0 Å². The molecule has 0 saturated heterocycles. The van der Waals surface area contributed by atoms with E-state index in [9.17, 15) is 13.2 Å². The van der Waals surface area contributed by atoms with Crippen molar-refractivity contribution in [3.8, 4) is 0 Å². The van der Waals surface area contributed by atoms with E-state index in [0.717, 1.165) is 28.5 Å². The fraction of sp³-hybridized carbons (Fsp3) is 0.533. The Morgan fingerprint density at radius 2 is 1.70 bits per heavy atom. The summed E-state index contributed by atoms with van der Waals surface area (Å²) in [6.45, 7) is 5.97. The summed E-state index contributed by atoms with van der Waals surface area (Å²) in [4.78, 5) is 12.1. The third-order valence-corrected chi connectivity index (χ3v) is 4.38. The SMILES string of the molecule is Cc1cc(C)c(CC(=O)C(N)CCS(C)(=O)=O)c(C)c1. The highest BCUT2D eigenvalue weighted by Crippen LogP contribution is 2.17. The van der Waals surface area contributed by atoms with Gasteiger partial charge < -0.3 is 5.73 Å². The van der Waals surface area contributed by atoms with E-state index in [-0.39, 0.29) is 24.4 Å². The van der Waals surface area contributed by atoms with Gasteiger partial charge in [-0.3, -0.25) is 4.79 Å². The van der Waals surface area contributed by atoms with Crippen molar-refractivity contribution in [3.05, 3.63) is 34.4 Å². The highest BCUT2D eigenvalue weighted by Gasteiger charge is 2.18. The molecule has 0 bridgehead atoms. The zero-order valence-electron chi connectivity index (χ0n) is 12.6. The Morgan fingerprint density at radius 1 is 1.20 bits per heavy atom. The number of ketones is 1. The molecule has 0 aliphatic rings. The van der Waals surface area contributed by atoms with Gasteiger partial charge in [0, 0.05) is 12.7 Å². The predicted molar refractivity (Wildman–Crippen MR) is 81.7 cm³/mol. The lowest BCUT2D eigenvalue weighted by molar-refractivity contribution is -0.119. The average molecular weight is 297 g/mol. The van der Waals surface area contributed by atoms with Crippen LogP contribution in [0.3, 0.4) is 0 Å². The first-order valence-corrected chi connectivity index (χ1v) is 8.69. The van der Waals surface area contributed by atoms with Crippen LogP contribution in [0.5, 0.6) is 0 Å². The Labute approximate surface area is 121 Å². The first-order chi connectivity index (χ1) is 9.10. The summed E-state index contributed by atoms with van der Waals surface area (Å²) in [6, 6.07) is 3.36. The van der Waals surface area contributed by atoms with Gasteiger partial charge in [0.25, 0.3) is 0 Å². The summed E-state index contributed by atoms with van der Waals surface area (Å²) in [7, 11) is -3.08. The average Bonchev–Trinajstić information content (AvgIpc) is 2.29. The number of nitrogens with two attached hydrogens (primary N) is 1. The van der Waals surface area contributed by atoms with Crippen LogP contribution >= 0.6 is 0 Å². The highest BCUT2D eigenvalue weighted by molar-refractivity contribution is 7.90. The van der Waals surface area contributed by atoms with Crippen LogP contribution in [0.2, 0.25) is 0 Å². The van der Waals surface area contributed by atoms with E-state index in [1.807, 2.05) is 32.9 Å². The molecule has 5 heteroatoms. The van der Waals surface area contributed by atoms with Gasteiger partial charge in [-0.1, -0.05) is 17.7 Å². The second-order valence-electron chi connectivity index (χ2n) is 5.55. The fourth-order valence-electron chi connectivity index (χ4n) is 2.30. The van der Waals surface area contributed by atoms with Crippen LogP contribution in [-0.4, -0.2) is 32.3 Å². The van der Waals surface area contributed by atoms with Gasteiger partial charge in [-0.15, -0.1) is 0 Å². The monoisotopic (exact) mass is 297 g/mol. The molecule has 0 aliphatic carbocycles. The number of Topliss-reactive ketones (excluding diaryl/α,β-unsaturated/α-hetero) is 1. The van der Waals surface area contributed by atoms with E-state index < -0.39 is 15.9 Å². The molecule has 1 aromatic rings. The molecule has 112 valence electrons. The number of hydrogen-bond donors (Lipinski definition) is 1. The molecule has 1 rings (SSSR count).